The van der Waals surface area contributed by atoms with E-state index in [2.05, 4.69) is 10.6 Å². The van der Waals surface area contributed by atoms with Gasteiger partial charge in [0.05, 0.1) is 17.5 Å². The van der Waals surface area contributed by atoms with Crippen LogP contribution in [0.1, 0.15) is 37.6 Å². The van der Waals surface area contributed by atoms with Crippen molar-refractivity contribution in [3.05, 3.63) is 34.1 Å². The van der Waals surface area contributed by atoms with Gasteiger partial charge in [-0.2, -0.15) is 0 Å². The first-order chi connectivity index (χ1) is 14.4. The lowest BCUT2D eigenvalue weighted by atomic mass is 9.97. The smallest absolute Gasteiger partial charge is 0.257 e. The Balaban J connectivity index is 1.99. The monoisotopic (exact) mass is 417 g/mol. The van der Waals surface area contributed by atoms with E-state index < -0.39 is 23.3 Å². The highest BCUT2D eigenvalue weighted by molar-refractivity contribution is 6.00. The van der Waals surface area contributed by atoms with E-state index in [0.717, 1.165) is 0 Å². The van der Waals surface area contributed by atoms with E-state index in [9.17, 15) is 14.4 Å². The number of hydrogen-bond acceptors (Lipinski definition) is 6. The number of aromatic nitrogens is 1. The molecule has 0 saturated carbocycles. The Morgan fingerprint density at radius 2 is 1.93 bits per heavy atom. The number of fused-ring (bicyclic) bond motifs is 2. The van der Waals surface area contributed by atoms with Gasteiger partial charge in [-0.3, -0.25) is 14.4 Å². The van der Waals surface area contributed by atoms with Gasteiger partial charge in [-0.25, -0.2) is 0 Å². The summed E-state index contributed by atoms with van der Waals surface area (Å²) >= 11 is 0. The Morgan fingerprint density at radius 3 is 2.57 bits per heavy atom. The maximum Gasteiger partial charge on any atom is 0.257 e. The molecule has 2 heterocycles. The molecule has 2 aromatic rings. The number of nitrogens with zero attached hydrogens (tertiary/aromatic N) is 1. The van der Waals surface area contributed by atoms with E-state index in [1.807, 2.05) is 20.8 Å². The number of nitrogens with one attached hydrogen (secondary N) is 2. The summed E-state index contributed by atoms with van der Waals surface area (Å²) in [4.78, 5) is 38.6. The molecule has 0 radical (unpaired) electrons. The van der Waals surface area contributed by atoms with Crippen LogP contribution in [0.15, 0.2) is 23.1 Å². The Hall–Kier alpha value is -3.07. The Labute approximate surface area is 174 Å². The highest BCUT2D eigenvalue weighted by Crippen LogP contribution is 2.35. The molecule has 1 aromatic heterocycles. The number of rotatable bonds is 8. The van der Waals surface area contributed by atoms with Crippen molar-refractivity contribution in [1.82, 2.24) is 15.2 Å². The molecule has 0 saturated heterocycles. The van der Waals surface area contributed by atoms with Gasteiger partial charge < -0.3 is 29.8 Å². The van der Waals surface area contributed by atoms with E-state index in [-0.39, 0.29) is 31.4 Å². The molecule has 1 aliphatic rings. The molecule has 9 heteroatoms. The van der Waals surface area contributed by atoms with Gasteiger partial charge in [0.1, 0.15) is 11.6 Å². The fourth-order valence-electron chi connectivity index (χ4n) is 3.41. The van der Waals surface area contributed by atoms with Crippen LogP contribution in [0.2, 0.25) is 0 Å². The lowest BCUT2D eigenvalue weighted by Crippen LogP contribution is -2.51. The Morgan fingerprint density at radius 1 is 1.23 bits per heavy atom. The van der Waals surface area contributed by atoms with E-state index in [1.54, 1.807) is 16.7 Å². The first kappa shape index (κ1) is 21.6. The third-order valence-corrected chi connectivity index (χ3v) is 5.35. The lowest BCUT2D eigenvalue weighted by molar-refractivity contribution is -0.124. The molecular formula is C21H27N3O6. The minimum absolute atomic E-state index is 0.0496. The lowest BCUT2D eigenvalue weighted by Gasteiger charge is -2.23. The Kier molecular flexibility index (Phi) is 6.61. The molecule has 2 amide bonds. The zero-order valence-electron chi connectivity index (χ0n) is 17.4. The van der Waals surface area contributed by atoms with Crippen LogP contribution in [-0.4, -0.2) is 47.5 Å². The predicted octanol–water partition coefficient (Wildman–Crippen LogP) is 1.00. The van der Waals surface area contributed by atoms with Gasteiger partial charge in [-0.05, 0) is 18.9 Å². The van der Waals surface area contributed by atoms with Crippen LogP contribution >= 0.6 is 0 Å². The zero-order valence-corrected chi connectivity index (χ0v) is 17.4. The van der Waals surface area contributed by atoms with Gasteiger partial charge in [-0.15, -0.1) is 0 Å². The third-order valence-electron chi connectivity index (χ3n) is 5.35. The maximum atomic E-state index is 13.1. The van der Waals surface area contributed by atoms with Crippen molar-refractivity contribution < 1.29 is 24.2 Å². The number of aliphatic hydroxyl groups is 1. The molecule has 1 aliphatic heterocycles. The number of pyridine rings is 1. The molecule has 162 valence electrons. The van der Waals surface area contributed by atoms with Crippen LogP contribution in [0, 0.1) is 5.92 Å². The van der Waals surface area contributed by atoms with Crippen molar-refractivity contribution in [1.29, 1.82) is 0 Å². The number of amides is 2. The van der Waals surface area contributed by atoms with Gasteiger partial charge in [0.25, 0.3) is 5.91 Å². The standard InChI is InChI=1S/C21H27N3O6/c1-4-12(3)18(21(28)22-6-7-25)23-20(27)14-10-24(5-2)15-9-17-16(29-11-30-17)8-13(15)19(14)26/h8-10,12,18,25H,4-7,11H2,1-3H3,(H,22,28)(H,23,27)/t12-,18-/m0/s1. The van der Waals surface area contributed by atoms with E-state index in [4.69, 9.17) is 14.6 Å². The molecule has 3 rings (SSSR count). The van der Waals surface area contributed by atoms with Crippen LogP contribution in [0.5, 0.6) is 11.5 Å². The van der Waals surface area contributed by atoms with Gasteiger partial charge in [0, 0.05) is 25.4 Å². The summed E-state index contributed by atoms with van der Waals surface area (Å²) < 4.78 is 12.6. The summed E-state index contributed by atoms with van der Waals surface area (Å²) in [5, 5.41) is 14.6. The summed E-state index contributed by atoms with van der Waals surface area (Å²) in [7, 11) is 0. The van der Waals surface area contributed by atoms with Crippen molar-refractivity contribution in [2.45, 2.75) is 39.8 Å². The molecule has 3 N–H and O–H groups in total. The van der Waals surface area contributed by atoms with E-state index in [0.29, 0.717) is 35.4 Å². The summed E-state index contributed by atoms with van der Waals surface area (Å²) in [6, 6.07) is 2.49. The fourth-order valence-corrected chi connectivity index (χ4v) is 3.41. The van der Waals surface area contributed by atoms with Crippen LogP contribution in [0.25, 0.3) is 10.9 Å². The number of hydrogen-bond donors (Lipinski definition) is 3. The number of carbonyl (C=O) groups is 2. The highest BCUT2D eigenvalue weighted by Gasteiger charge is 2.28. The molecule has 0 bridgehead atoms. The van der Waals surface area contributed by atoms with Gasteiger partial charge in [-0.1, -0.05) is 20.3 Å². The molecule has 1 aromatic carbocycles. The van der Waals surface area contributed by atoms with E-state index >= 15 is 0 Å². The number of carbonyl (C=O) groups excluding carboxylic acids is 2. The quantitative estimate of drug-likeness (QED) is 0.590. The van der Waals surface area contributed by atoms with Crippen molar-refractivity contribution >= 4 is 22.7 Å². The number of aryl methyl sites for hydroxylation is 1. The zero-order chi connectivity index (χ0) is 21.8. The first-order valence-corrected chi connectivity index (χ1v) is 10.1. The topological polar surface area (TPSA) is 119 Å². The fraction of sp³-hybridized carbons (Fsp3) is 0.476. The van der Waals surface area contributed by atoms with Crippen LogP contribution in [0.4, 0.5) is 0 Å². The van der Waals surface area contributed by atoms with Crippen LogP contribution in [-0.2, 0) is 11.3 Å². The van der Waals surface area contributed by atoms with Crippen molar-refractivity contribution in [3.8, 4) is 11.5 Å². The van der Waals surface area contributed by atoms with Gasteiger partial charge >= 0.3 is 0 Å². The predicted molar refractivity (Wildman–Crippen MR) is 111 cm³/mol. The van der Waals surface area contributed by atoms with Crippen molar-refractivity contribution in [2.75, 3.05) is 19.9 Å². The molecular weight excluding hydrogens is 390 g/mol. The molecule has 0 spiro atoms. The number of ether oxygens (including phenoxy) is 2. The molecule has 0 aliphatic carbocycles. The van der Waals surface area contributed by atoms with Crippen LogP contribution in [0.3, 0.4) is 0 Å². The highest BCUT2D eigenvalue weighted by atomic mass is 16.7. The number of benzene rings is 1. The van der Waals surface area contributed by atoms with Crippen molar-refractivity contribution in [3.63, 3.8) is 0 Å². The van der Waals surface area contributed by atoms with E-state index in [1.165, 1.54) is 6.20 Å². The molecule has 2 atom stereocenters. The summed E-state index contributed by atoms with van der Waals surface area (Å²) in [6.45, 7) is 6.16. The second-order valence-electron chi connectivity index (χ2n) is 7.23. The van der Waals surface area contributed by atoms with Crippen LogP contribution < -0.4 is 25.5 Å². The summed E-state index contributed by atoms with van der Waals surface area (Å²) in [6.07, 6.45) is 2.15. The summed E-state index contributed by atoms with van der Waals surface area (Å²) in [5.74, 6) is -0.160. The average Bonchev–Trinajstić information content (AvgIpc) is 3.21. The Bertz CT molecular complexity index is 1020. The normalized spacial score (nSPS) is 14.4. The molecule has 0 fully saturated rings. The third kappa shape index (κ3) is 4.11. The van der Waals surface area contributed by atoms with Crippen molar-refractivity contribution in [2.24, 2.45) is 5.92 Å². The first-order valence-electron chi connectivity index (χ1n) is 10.1. The minimum atomic E-state index is -0.823. The largest absolute Gasteiger partial charge is 0.454 e. The molecule has 9 nitrogen and oxygen atoms in total. The summed E-state index contributed by atoms with van der Waals surface area (Å²) in [5.41, 5.74) is 0.151. The molecule has 0 unspecified atom stereocenters. The molecule has 30 heavy (non-hydrogen) atoms. The maximum absolute atomic E-state index is 13.1. The second kappa shape index (κ2) is 9.17. The van der Waals surface area contributed by atoms with Gasteiger partial charge in [0.15, 0.2) is 11.5 Å². The van der Waals surface area contributed by atoms with Gasteiger partial charge in [0.2, 0.25) is 18.1 Å². The number of aliphatic hydroxyl groups excluding tert-OH is 1. The second-order valence-corrected chi connectivity index (χ2v) is 7.23. The SMILES string of the molecule is CC[C@H](C)[C@H](NC(=O)c1cn(CC)c2cc3c(cc2c1=O)OCO3)C(=O)NCCO. The average molecular weight is 417 g/mol. The minimum Gasteiger partial charge on any atom is -0.454 e.